The van der Waals surface area contributed by atoms with Gasteiger partial charge in [-0.2, -0.15) is 0 Å². The van der Waals surface area contributed by atoms with Crippen LogP contribution in [0.1, 0.15) is 45.9 Å². The lowest BCUT2D eigenvalue weighted by atomic mass is 10.00. The van der Waals surface area contributed by atoms with Crippen molar-refractivity contribution in [3.63, 3.8) is 0 Å². The minimum absolute atomic E-state index is 0.0842. The third-order valence-corrected chi connectivity index (χ3v) is 6.52. The second-order valence-corrected chi connectivity index (χ2v) is 9.60. The number of rotatable bonds is 10. The van der Waals surface area contributed by atoms with Crippen LogP contribution in [0, 0.1) is 0 Å². The van der Waals surface area contributed by atoms with Gasteiger partial charge in [0.15, 0.2) is 6.04 Å². The minimum atomic E-state index is -0.911. The van der Waals surface area contributed by atoms with Crippen molar-refractivity contribution in [2.45, 2.75) is 52.2 Å². The summed E-state index contributed by atoms with van der Waals surface area (Å²) >= 11 is 0. The molecule has 4 aromatic rings. The van der Waals surface area contributed by atoms with Crippen LogP contribution in [0.3, 0.4) is 0 Å². The Bertz CT molecular complexity index is 1370. The first-order valence-corrected chi connectivity index (χ1v) is 12.5. The highest BCUT2D eigenvalue weighted by Crippen LogP contribution is 2.31. The van der Waals surface area contributed by atoms with Gasteiger partial charge in [0.1, 0.15) is 17.8 Å². The van der Waals surface area contributed by atoms with E-state index in [1.807, 2.05) is 81.9 Å². The van der Waals surface area contributed by atoms with Crippen molar-refractivity contribution < 1.29 is 14.3 Å². The van der Waals surface area contributed by atoms with Crippen LogP contribution in [-0.2, 0) is 23.2 Å². The minimum Gasteiger partial charge on any atom is -0.494 e. The molecular weight excluding hydrogens is 468 g/mol. The fourth-order valence-electron chi connectivity index (χ4n) is 4.18. The lowest BCUT2D eigenvalue weighted by Crippen LogP contribution is -2.51. The molecule has 0 bridgehead atoms. The third-order valence-electron chi connectivity index (χ3n) is 6.52. The number of fused-ring (bicyclic) bond motifs is 1. The molecule has 9 heteroatoms. The van der Waals surface area contributed by atoms with Crippen molar-refractivity contribution in [3.8, 4) is 5.75 Å². The van der Waals surface area contributed by atoms with Gasteiger partial charge in [-0.1, -0.05) is 24.3 Å². The third kappa shape index (κ3) is 5.66. The van der Waals surface area contributed by atoms with E-state index in [-0.39, 0.29) is 18.4 Å². The average molecular weight is 503 g/mol. The highest BCUT2D eigenvalue weighted by molar-refractivity contribution is 6.01. The molecule has 37 heavy (non-hydrogen) atoms. The lowest BCUT2D eigenvalue weighted by Gasteiger charge is -2.34. The Morgan fingerprint density at radius 2 is 1.78 bits per heavy atom. The van der Waals surface area contributed by atoms with Gasteiger partial charge >= 0.3 is 0 Å². The Hall–Kier alpha value is -4.14. The van der Waals surface area contributed by atoms with Crippen LogP contribution < -0.4 is 15.0 Å². The van der Waals surface area contributed by atoms with Crippen LogP contribution in [0.5, 0.6) is 5.75 Å². The normalized spacial score (nSPS) is 12.4. The van der Waals surface area contributed by atoms with E-state index >= 15 is 0 Å². The number of aromatic nitrogens is 4. The largest absolute Gasteiger partial charge is 0.494 e. The molecular formula is C28H34N6O3. The van der Waals surface area contributed by atoms with Crippen molar-refractivity contribution in [2.75, 3.05) is 11.5 Å². The molecule has 2 aromatic heterocycles. The zero-order valence-corrected chi connectivity index (χ0v) is 22.0. The van der Waals surface area contributed by atoms with E-state index in [0.29, 0.717) is 29.3 Å². The Morgan fingerprint density at radius 3 is 2.43 bits per heavy atom. The molecule has 2 amide bonds. The molecule has 2 heterocycles. The number of carbonyl (C=O) groups is 2. The Labute approximate surface area is 217 Å². The number of benzene rings is 2. The molecule has 0 unspecified atom stereocenters. The van der Waals surface area contributed by atoms with Crippen LogP contribution in [0.25, 0.3) is 11.0 Å². The molecule has 194 valence electrons. The summed E-state index contributed by atoms with van der Waals surface area (Å²) in [5, 5.41) is 11.5. The van der Waals surface area contributed by atoms with Gasteiger partial charge in [-0.15, -0.1) is 5.10 Å². The zero-order chi connectivity index (χ0) is 26.6. The summed E-state index contributed by atoms with van der Waals surface area (Å²) < 4.78 is 9.03. The molecule has 1 N–H and O–H groups in total. The van der Waals surface area contributed by atoms with E-state index in [2.05, 4.69) is 15.6 Å². The zero-order valence-electron chi connectivity index (χ0n) is 22.0. The van der Waals surface area contributed by atoms with Gasteiger partial charge in [0.05, 0.1) is 17.8 Å². The number of hydrogen-bond donors (Lipinski definition) is 1. The molecule has 0 saturated carbocycles. The molecule has 2 aromatic carbocycles. The van der Waals surface area contributed by atoms with Gasteiger partial charge < -0.3 is 14.6 Å². The Balaban J connectivity index is 1.80. The van der Waals surface area contributed by atoms with Crippen LogP contribution >= 0.6 is 0 Å². The van der Waals surface area contributed by atoms with E-state index in [9.17, 15) is 9.59 Å². The fraction of sp³-hybridized carbons (Fsp3) is 0.357. The van der Waals surface area contributed by atoms with Gasteiger partial charge in [0, 0.05) is 24.5 Å². The Kier molecular flexibility index (Phi) is 7.61. The van der Waals surface area contributed by atoms with Gasteiger partial charge in [0.2, 0.25) is 11.8 Å². The molecule has 4 rings (SSSR count). The van der Waals surface area contributed by atoms with E-state index < -0.39 is 11.6 Å². The molecule has 9 nitrogen and oxygen atoms in total. The first-order chi connectivity index (χ1) is 17.7. The number of aryl methyl sites for hydroxylation is 1. The molecule has 0 radical (unpaired) electrons. The number of amides is 2. The van der Waals surface area contributed by atoms with Gasteiger partial charge in [-0.25, -0.2) is 4.68 Å². The summed E-state index contributed by atoms with van der Waals surface area (Å²) in [7, 11) is 1.87. The summed E-state index contributed by atoms with van der Waals surface area (Å²) in [6.07, 6.45) is 2.60. The van der Waals surface area contributed by atoms with E-state index in [0.717, 1.165) is 11.9 Å². The first-order valence-electron chi connectivity index (χ1n) is 12.5. The van der Waals surface area contributed by atoms with E-state index in [1.54, 1.807) is 33.8 Å². The monoisotopic (exact) mass is 502 g/mol. The summed E-state index contributed by atoms with van der Waals surface area (Å²) in [5.74, 6) is 0.128. The summed E-state index contributed by atoms with van der Waals surface area (Å²) in [5.41, 5.74) is 2.26. The molecule has 0 aliphatic rings. The number of nitrogens with zero attached hydrogens (tertiary/aromatic N) is 5. The van der Waals surface area contributed by atoms with Crippen LogP contribution in [0.4, 0.5) is 5.69 Å². The Morgan fingerprint density at radius 1 is 1.05 bits per heavy atom. The van der Waals surface area contributed by atoms with Crippen LogP contribution in [-0.4, -0.2) is 43.5 Å². The number of ether oxygens (including phenoxy) is 1. The van der Waals surface area contributed by atoms with Crippen LogP contribution in [0.15, 0.2) is 66.9 Å². The van der Waals surface area contributed by atoms with Crippen molar-refractivity contribution in [3.05, 3.63) is 72.6 Å². The SMILES string of the molecule is CCOc1ccc(N(C(=O)Cn2nnc3ccccc32)[C@@H](C(=O)NC(C)(C)CC)c2cccn2C)cc1. The molecule has 0 aliphatic carbocycles. The first kappa shape index (κ1) is 25.9. The number of carbonyl (C=O) groups excluding carboxylic acids is 2. The molecule has 0 aliphatic heterocycles. The number of nitrogens with one attached hydrogen (secondary N) is 1. The summed E-state index contributed by atoms with van der Waals surface area (Å²) in [6.45, 7) is 8.32. The number of anilines is 1. The topological polar surface area (TPSA) is 94.3 Å². The predicted octanol–water partition coefficient (Wildman–Crippen LogP) is 4.25. The maximum absolute atomic E-state index is 14.1. The number of para-hydroxylation sites is 1. The number of hydrogen-bond acceptors (Lipinski definition) is 5. The highest BCUT2D eigenvalue weighted by atomic mass is 16.5. The second-order valence-electron chi connectivity index (χ2n) is 9.60. The highest BCUT2D eigenvalue weighted by Gasteiger charge is 2.36. The standard InChI is InChI=1S/C28H34N6O3/c1-6-28(3,4)29-27(36)26(24-13-10-18-32(24)5)34(20-14-16-21(17-15-20)37-7-2)25(35)19-33-23-12-9-8-11-22(23)30-31-33/h8-18,26H,6-7,19H2,1-5H3,(H,29,36)/t26-/m1/s1. The fourth-order valence-corrected chi connectivity index (χ4v) is 4.18. The van der Waals surface area contributed by atoms with Crippen LogP contribution in [0.2, 0.25) is 0 Å². The lowest BCUT2D eigenvalue weighted by molar-refractivity contribution is -0.128. The van der Waals surface area contributed by atoms with Gasteiger partial charge in [-0.3, -0.25) is 14.5 Å². The van der Waals surface area contributed by atoms with E-state index in [1.165, 1.54) is 0 Å². The van der Waals surface area contributed by atoms with Gasteiger partial charge in [0.25, 0.3) is 0 Å². The van der Waals surface area contributed by atoms with Crippen molar-refractivity contribution in [1.82, 2.24) is 24.9 Å². The maximum Gasteiger partial charge on any atom is 0.249 e. The summed E-state index contributed by atoms with van der Waals surface area (Å²) in [4.78, 5) is 29.5. The maximum atomic E-state index is 14.1. The van der Waals surface area contributed by atoms with E-state index in [4.69, 9.17) is 4.74 Å². The molecule has 0 saturated heterocycles. The summed E-state index contributed by atoms with van der Waals surface area (Å²) in [6, 6.07) is 17.5. The predicted molar refractivity (Wildman–Crippen MR) is 143 cm³/mol. The second kappa shape index (κ2) is 10.9. The quantitative estimate of drug-likeness (QED) is 0.350. The van der Waals surface area contributed by atoms with Crippen molar-refractivity contribution in [2.24, 2.45) is 7.05 Å². The molecule has 0 spiro atoms. The van der Waals surface area contributed by atoms with Gasteiger partial charge in [-0.05, 0) is 75.7 Å². The molecule has 1 atom stereocenters. The average Bonchev–Trinajstić information content (AvgIpc) is 3.49. The smallest absolute Gasteiger partial charge is 0.249 e. The van der Waals surface area contributed by atoms with Crippen molar-refractivity contribution >= 4 is 28.5 Å². The molecule has 0 fully saturated rings. The van der Waals surface area contributed by atoms with Crippen molar-refractivity contribution in [1.29, 1.82) is 0 Å².